The van der Waals surface area contributed by atoms with E-state index in [-0.39, 0.29) is 0 Å². The summed E-state index contributed by atoms with van der Waals surface area (Å²) in [7, 11) is 2.06. The van der Waals surface area contributed by atoms with Crippen molar-refractivity contribution in [1.82, 2.24) is 24.8 Å². The van der Waals surface area contributed by atoms with Gasteiger partial charge in [0.2, 0.25) is 0 Å². The summed E-state index contributed by atoms with van der Waals surface area (Å²) in [6.07, 6.45) is 5.37. The number of imidazole rings is 1. The molecule has 2 fully saturated rings. The normalized spacial score (nSPS) is 22.2. The Labute approximate surface area is 192 Å². The summed E-state index contributed by atoms with van der Waals surface area (Å²) in [4.78, 5) is 13.9. The topological polar surface area (TPSA) is 67.7 Å². The number of nitrogens with zero attached hydrogens (tertiary/aromatic N) is 4. The number of rotatable bonds is 5. The fraction of sp³-hybridized carbons (Fsp3) is 0.478. The molecule has 8 heteroatoms. The molecule has 1 aromatic carbocycles. The van der Waals surface area contributed by atoms with Gasteiger partial charge in [-0.25, -0.2) is 15.0 Å². The van der Waals surface area contributed by atoms with E-state index in [4.69, 9.17) is 17.2 Å². The Morgan fingerprint density at radius 3 is 2.65 bits per heavy atom. The smallest absolute Gasteiger partial charge is 0.188 e. The highest BCUT2D eigenvalue weighted by Crippen LogP contribution is 2.44. The van der Waals surface area contributed by atoms with Gasteiger partial charge in [0.05, 0.1) is 16.8 Å². The van der Waals surface area contributed by atoms with Crippen LogP contribution in [-0.4, -0.2) is 30.7 Å². The minimum atomic E-state index is 0.536. The number of fused-ring (bicyclic) bond motifs is 3. The van der Waals surface area contributed by atoms with Crippen molar-refractivity contribution < 1.29 is 0 Å². The van der Waals surface area contributed by atoms with Crippen LogP contribution in [0.4, 0.5) is 5.69 Å². The van der Waals surface area contributed by atoms with Gasteiger partial charge in [-0.15, -0.1) is 0 Å². The highest BCUT2D eigenvalue weighted by atomic mass is 32.2. The third-order valence-electron chi connectivity index (χ3n) is 6.58. The Balaban J connectivity index is 1.26. The number of hydrogen-bond acceptors (Lipinski definition) is 5. The molecule has 2 aromatic heterocycles. The average molecular weight is 453 g/mol. The number of aryl methyl sites for hydroxylation is 3. The second-order valence-corrected chi connectivity index (χ2v) is 10.2. The summed E-state index contributed by atoms with van der Waals surface area (Å²) in [5.74, 6) is 3.42. The number of hydrogen-bond donors (Lipinski definition) is 2. The lowest BCUT2D eigenvalue weighted by Crippen LogP contribution is -2.40. The molecule has 162 valence electrons. The Morgan fingerprint density at radius 1 is 1.13 bits per heavy atom. The van der Waals surface area contributed by atoms with E-state index in [1.807, 2.05) is 19.9 Å². The second kappa shape index (κ2) is 8.39. The lowest BCUT2D eigenvalue weighted by atomic mass is 9.96. The fourth-order valence-electron chi connectivity index (χ4n) is 5.10. The van der Waals surface area contributed by atoms with Crippen molar-refractivity contribution in [2.75, 3.05) is 5.32 Å². The Bertz CT molecular complexity index is 1120. The predicted octanol–water partition coefficient (Wildman–Crippen LogP) is 4.75. The summed E-state index contributed by atoms with van der Waals surface area (Å²) in [5.41, 5.74) is 5.03. The van der Waals surface area contributed by atoms with Gasteiger partial charge in [-0.3, -0.25) is 0 Å². The largest absolute Gasteiger partial charge is 0.359 e. The molecule has 2 N–H and O–H groups in total. The van der Waals surface area contributed by atoms with Gasteiger partial charge in [-0.1, -0.05) is 18.2 Å². The van der Waals surface area contributed by atoms with Crippen molar-refractivity contribution in [3.8, 4) is 0 Å². The molecule has 0 aliphatic heterocycles. The Kier molecular flexibility index (Phi) is 5.60. The van der Waals surface area contributed by atoms with Crippen LogP contribution < -0.4 is 10.6 Å². The molecule has 3 aromatic rings. The maximum Gasteiger partial charge on any atom is 0.188 e. The molecule has 0 radical (unpaired) electrons. The number of anilines is 1. The molecule has 2 aliphatic rings. The Hall–Kier alpha value is -2.19. The minimum Gasteiger partial charge on any atom is -0.359 e. The summed E-state index contributed by atoms with van der Waals surface area (Å²) in [6, 6.07) is 8.78. The lowest BCUT2D eigenvalue weighted by molar-refractivity contribution is 0.392. The second-order valence-electron chi connectivity index (χ2n) is 8.89. The van der Waals surface area contributed by atoms with Crippen LogP contribution >= 0.6 is 24.0 Å². The average Bonchev–Trinajstić information content (AvgIpc) is 3.40. The lowest BCUT2D eigenvalue weighted by Gasteiger charge is -2.24. The summed E-state index contributed by atoms with van der Waals surface area (Å²) in [5, 5.41) is 8.43. The quantitative estimate of drug-likeness (QED) is 0.329. The highest BCUT2D eigenvalue weighted by Gasteiger charge is 2.39. The van der Waals surface area contributed by atoms with Gasteiger partial charge in [-0.2, -0.15) is 0 Å². The van der Waals surface area contributed by atoms with Crippen LogP contribution in [0.15, 0.2) is 29.4 Å². The van der Waals surface area contributed by atoms with Gasteiger partial charge in [-0.05, 0) is 81.4 Å². The maximum atomic E-state index is 5.59. The molecule has 0 spiro atoms. The van der Waals surface area contributed by atoms with Crippen LogP contribution in [-0.2, 0) is 12.8 Å². The van der Waals surface area contributed by atoms with Crippen molar-refractivity contribution in [3.05, 3.63) is 41.5 Å². The minimum absolute atomic E-state index is 0.536. The monoisotopic (exact) mass is 452 g/mol. The third-order valence-corrected chi connectivity index (χ3v) is 7.64. The van der Waals surface area contributed by atoms with Gasteiger partial charge in [0.15, 0.2) is 10.3 Å². The first kappa shape index (κ1) is 20.7. The first-order valence-corrected chi connectivity index (χ1v) is 12.3. The van der Waals surface area contributed by atoms with Gasteiger partial charge in [0.1, 0.15) is 5.82 Å². The van der Waals surface area contributed by atoms with E-state index in [9.17, 15) is 0 Å². The van der Waals surface area contributed by atoms with E-state index in [0.717, 1.165) is 61.8 Å². The van der Waals surface area contributed by atoms with Crippen molar-refractivity contribution in [2.45, 2.75) is 56.5 Å². The van der Waals surface area contributed by atoms with Crippen LogP contribution in [0.3, 0.4) is 0 Å². The molecule has 2 saturated carbocycles. The Morgan fingerprint density at radius 2 is 1.94 bits per heavy atom. The van der Waals surface area contributed by atoms with Gasteiger partial charge in [0.25, 0.3) is 0 Å². The zero-order valence-corrected chi connectivity index (χ0v) is 19.8. The third kappa shape index (κ3) is 4.41. The first-order chi connectivity index (χ1) is 14.9. The molecule has 31 heavy (non-hydrogen) atoms. The molecule has 0 saturated heterocycles. The molecular formula is C23H28N6S2. The molecule has 5 rings (SSSR count). The number of benzene rings is 1. The molecule has 0 amide bonds. The zero-order chi connectivity index (χ0) is 21.5. The summed E-state index contributed by atoms with van der Waals surface area (Å²) < 4.78 is 2.14. The van der Waals surface area contributed by atoms with E-state index in [0.29, 0.717) is 6.04 Å². The SMILES string of the molecule is Cc1cc(C)nc(SCc2nc3cc(NC(=S)NC4CC5CCC4C5)ccc3n2C)n1. The number of aromatic nitrogens is 4. The number of nitrogens with one attached hydrogen (secondary N) is 2. The number of thioether (sulfide) groups is 1. The van der Waals surface area contributed by atoms with E-state index in [1.54, 1.807) is 11.8 Å². The molecule has 3 atom stereocenters. The number of thiocarbonyl (C=S) groups is 1. The summed E-state index contributed by atoms with van der Waals surface area (Å²) in [6.45, 7) is 4.00. The fourth-order valence-corrected chi connectivity index (χ4v) is 6.30. The zero-order valence-electron chi connectivity index (χ0n) is 18.2. The van der Waals surface area contributed by atoms with Crippen molar-refractivity contribution in [3.63, 3.8) is 0 Å². The maximum absolute atomic E-state index is 5.59. The molecule has 2 heterocycles. The van der Waals surface area contributed by atoms with Crippen LogP contribution in [0.25, 0.3) is 11.0 Å². The van der Waals surface area contributed by atoms with Crippen LogP contribution in [0, 0.1) is 25.7 Å². The van der Waals surface area contributed by atoms with Gasteiger partial charge < -0.3 is 15.2 Å². The van der Waals surface area contributed by atoms with Crippen LogP contribution in [0.2, 0.25) is 0 Å². The van der Waals surface area contributed by atoms with Crippen molar-refractivity contribution in [2.24, 2.45) is 18.9 Å². The first-order valence-electron chi connectivity index (χ1n) is 10.9. The van der Waals surface area contributed by atoms with Gasteiger partial charge >= 0.3 is 0 Å². The van der Waals surface area contributed by atoms with E-state index in [1.165, 1.54) is 25.7 Å². The van der Waals surface area contributed by atoms with Crippen LogP contribution in [0.5, 0.6) is 0 Å². The highest BCUT2D eigenvalue weighted by molar-refractivity contribution is 7.98. The molecule has 3 unspecified atom stereocenters. The molecule has 2 aliphatic carbocycles. The van der Waals surface area contributed by atoms with Crippen molar-refractivity contribution in [1.29, 1.82) is 0 Å². The van der Waals surface area contributed by atoms with E-state index in [2.05, 4.69) is 50.4 Å². The van der Waals surface area contributed by atoms with Crippen molar-refractivity contribution >= 4 is 45.8 Å². The molecule has 6 nitrogen and oxygen atoms in total. The predicted molar refractivity (Wildman–Crippen MR) is 130 cm³/mol. The standard InChI is InChI=1S/C23H28N6S2/c1-13-8-14(2)25-23(24-13)31-12-21-27-19-11-17(6-7-20(19)29(21)3)26-22(30)28-18-10-15-4-5-16(18)9-15/h6-8,11,15-16,18H,4-5,9-10,12H2,1-3H3,(H2,26,28,30). The molecular weight excluding hydrogens is 424 g/mol. The van der Waals surface area contributed by atoms with Gasteiger partial charge in [0, 0.05) is 30.2 Å². The van der Waals surface area contributed by atoms with E-state index >= 15 is 0 Å². The summed E-state index contributed by atoms with van der Waals surface area (Å²) >= 11 is 7.21. The van der Waals surface area contributed by atoms with Crippen LogP contribution in [0.1, 0.15) is 42.9 Å². The van der Waals surface area contributed by atoms with E-state index < -0.39 is 0 Å². The molecule has 2 bridgehead atoms.